The predicted molar refractivity (Wildman–Crippen MR) is 87.1 cm³/mol. The average molecular weight is 338 g/mol. The first-order valence-corrected chi connectivity index (χ1v) is 8.74. The molecule has 0 spiro atoms. The molecule has 1 heterocycles. The largest absolute Gasteiger partial charge is 0.443 e. The summed E-state index contributed by atoms with van der Waals surface area (Å²) in [6.07, 6.45) is 0.818. The molecule has 0 unspecified atom stereocenters. The number of nitrogens with zero attached hydrogens (tertiary/aromatic N) is 2. The van der Waals surface area contributed by atoms with Gasteiger partial charge in [0.2, 0.25) is 0 Å². The van der Waals surface area contributed by atoms with Gasteiger partial charge in [-0.05, 0) is 39.8 Å². The number of amides is 1. The second-order valence-corrected chi connectivity index (χ2v) is 8.25. The molecule has 0 radical (unpaired) electrons. The maximum absolute atomic E-state index is 12.8. The Labute approximate surface area is 137 Å². The van der Waals surface area contributed by atoms with Crippen LogP contribution in [0, 0.1) is 6.92 Å². The SMILES string of the molecule is C=C[C@@H]1CN(C(=O)OC(C)(C)C)N1S(=O)(=O)c1ccc(C)cc1. The van der Waals surface area contributed by atoms with E-state index in [0.717, 1.165) is 15.0 Å². The summed E-state index contributed by atoms with van der Waals surface area (Å²) in [5.74, 6) is 0. The lowest BCUT2D eigenvalue weighted by Gasteiger charge is -2.47. The predicted octanol–water partition coefficient (Wildman–Crippen LogP) is 2.71. The van der Waals surface area contributed by atoms with E-state index >= 15 is 0 Å². The molecule has 2 rings (SSSR count). The highest BCUT2D eigenvalue weighted by Gasteiger charge is 2.48. The fraction of sp³-hybridized carbons (Fsp3) is 0.438. The van der Waals surface area contributed by atoms with E-state index in [4.69, 9.17) is 4.74 Å². The molecule has 0 aromatic heterocycles. The molecule has 1 fully saturated rings. The molecule has 0 N–H and O–H groups in total. The molecule has 1 amide bonds. The highest BCUT2D eigenvalue weighted by Crippen LogP contribution is 2.30. The van der Waals surface area contributed by atoms with E-state index in [-0.39, 0.29) is 11.4 Å². The quantitative estimate of drug-likeness (QED) is 0.795. The van der Waals surface area contributed by atoms with Crippen LogP contribution in [0.25, 0.3) is 0 Å². The molecule has 6 nitrogen and oxygen atoms in total. The van der Waals surface area contributed by atoms with E-state index < -0.39 is 27.8 Å². The summed E-state index contributed by atoms with van der Waals surface area (Å²) in [5, 5.41) is 1.09. The standard InChI is InChI=1S/C16H22N2O4S/c1-6-13-11-17(15(19)22-16(3,4)5)18(13)23(20,21)14-9-7-12(2)8-10-14/h6-10,13H,1,11H2,2-5H3/t13-/m1/s1. The first-order valence-electron chi connectivity index (χ1n) is 7.30. The number of benzene rings is 1. The number of carbonyl (C=O) groups is 1. The number of rotatable bonds is 3. The van der Waals surface area contributed by atoms with Crippen LogP contribution >= 0.6 is 0 Å². The normalized spacial score (nSPS) is 19.1. The Morgan fingerprint density at radius 1 is 1.30 bits per heavy atom. The van der Waals surface area contributed by atoms with Crippen molar-refractivity contribution in [3.8, 4) is 0 Å². The van der Waals surface area contributed by atoms with E-state index in [9.17, 15) is 13.2 Å². The van der Waals surface area contributed by atoms with E-state index in [0.29, 0.717) is 0 Å². The summed E-state index contributed by atoms with van der Waals surface area (Å²) in [6, 6.07) is 6.02. The Balaban J connectivity index is 2.31. The Bertz CT molecular complexity index is 705. The molecular weight excluding hydrogens is 316 g/mol. The van der Waals surface area contributed by atoms with Crippen molar-refractivity contribution in [1.82, 2.24) is 9.42 Å². The Kier molecular flexibility index (Phi) is 4.54. The van der Waals surface area contributed by atoms with Gasteiger partial charge in [-0.1, -0.05) is 28.2 Å². The van der Waals surface area contributed by atoms with Crippen LogP contribution in [-0.4, -0.2) is 42.1 Å². The van der Waals surface area contributed by atoms with Crippen LogP contribution in [-0.2, 0) is 14.8 Å². The number of ether oxygens (including phenoxy) is 1. The molecular formula is C16H22N2O4S. The van der Waals surface area contributed by atoms with Crippen LogP contribution in [0.3, 0.4) is 0 Å². The third kappa shape index (κ3) is 3.56. The lowest BCUT2D eigenvalue weighted by Crippen LogP contribution is -2.67. The average Bonchev–Trinajstić information content (AvgIpc) is 2.35. The number of hydrogen-bond acceptors (Lipinski definition) is 4. The van der Waals surface area contributed by atoms with Crippen molar-refractivity contribution in [3.05, 3.63) is 42.5 Å². The minimum Gasteiger partial charge on any atom is -0.443 e. The van der Waals surface area contributed by atoms with E-state index in [1.165, 1.54) is 18.2 Å². The van der Waals surface area contributed by atoms with Crippen LogP contribution in [0.15, 0.2) is 41.8 Å². The van der Waals surface area contributed by atoms with Gasteiger partial charge in [0.15, 0.2) is 0 Å². The van der Waals surface area contributed by atoms with Crippen LogP contribution in [0.5, 0.6) is 0 Å². The molecule has 0 bridgehead atoms. The third-order valence-corrected chi connectivity index (χ3v) is 5.15. The van der Waals surface area contributed by atoms with Crippen molar-refractivity contribution in [2.75, 3.05) is 6.54 Å². The summed E-state index contributed by atoms with van der Waals surface area (Å²) in [7, 11) is -3.84. The highest BCUT2D eigenvalue weighted by molar-refractivity contribution is 7.89. The van der Waals surface area contributed by atoms with Crippen molar-refractivity contribution in [3.63, 3.8) is 0 Å². The van der Waals surface area contributed by atoms with Gasteiger partial charge in [0, 0.05) is 0 Å². The van der Waals surface area contributed by atoms with E-state index in [1.54, 1.807) is 32.9 Å². The van der Waals surface area contributed by atoms with Crippen LogP contribution < -0.4 is 0 Å². The van der Waals surface area contributed by atoms with Gasteiger partial charge in [0.1, 0.15) is 5.60 Å². The van der Waals surface area contributed by atoms with Crippen LogP contribution in [0.4, 0.5) is 4.79 Å². The van der Waals surface area contributed by atoms with Gasteiger partial charge in [0.25, 0.3) is 10.0 Å². The van der Waals surface area contributed by atoms with E-state index in [2.05, 4.69) is 6.58 Å². The zero-order valence-electron chi connectivity index (χ0n) is 13.8. The molecule has 1 aromatic rings. The second kappa shape index (κ2) is 5.98. The monoisotopic (exact) mass is 338 g/mol. The molecule has 0 saturated carbocycles. The molecule has 1 saturated heterocycles. The van der Waals surface area contributed by atoms with Gasteiger partial charge in [-0.2, -0.15) is 0 Å². The smallest absolute Gasteiger partial charge is 0.425 e. The van der Waals surface area contributed by atoms with Crippen molar-refractivity contribution in [2.24, 2.45) is 0 Å². The molecule has 1 aliphatic heterocycles. The van der Waals surface area contributed by atoms with Crippen molar-refractivity contribution in [2.45, 2.75) is 44.2 Å². The molecule has 0 aliphatic carbocycles. The first kappa shape index (κ1) is 17.5. The van der Waals surface area contributed by atoms with Gasteiger partial charge >= 0.3 is 6.09 Å². The van der Waals surface area contributed by atoms with Crippen molar-refractivity contribution in [1.29, 1.82) is 0 Å². The van der Waals surface area contributed by atoms with E-state index in [1.807, 2.05) is 6.92 Å². The first-order chi connectivity index (χ1) is 10.6. The van der Waals surface area contributed by atoms with Crippen LogP contribution in [0.1, 0.15) is 26.3 Å². The molecule has 23 heavy (non-hydrogen) atoms. The topological polar surface area (TPSA) is 66.9 Å². The highest BCUT2D eigenvalue weighted by atomic mass is 32.2. The third-order valence-electron chi connectivity index (χ3n) is 3.32. The molecule has 7 heteroatoms. The van der Waals surface area contributed by atoms with Gasteiger partial charge in [-0.3, -0.25) is 0 Å². The fourth-order valence-corrected chi connectivity index (χ4v) is 3.77. The Morgan fingerprint density at radius 3 is 2.35 bits per heavy atom. The summed E-state index contributed by atoms with van der Waals surface area (Å²) in [5.41, 5.74) is 0.257. The van der Waals surface area contributed by atoms with Gasteiger partial charge in [-0.15, -0.1) is 6.58 Å². The van der Waals surface area contributed by atoms with Crippen LogP contribution in [0.2, 0.25) is 0 Å². The summed E-state index contributed by atoms with van der Waals surface area (Å²) >= 11 is 0. The lowest BCUT2D eigenvalue weighted by molar-refractivity contribution is -0.0764. The number of hydrazine groups is 1. The van der Waals surface area contributed by atoms with Gasteiger partial charge < -0.3 is 4.74 Å². The minimum atomic E-state index is -3.84. The van der Waals surface area contributed by atoms with Gasteiger partial charge in [-0.25, -0.2) is 18.2 Å². The number of aryl methyl sites for hydroxylation is 1. The number of carbonyl (C=O) groups excluding carboxylic acids is 1. The minimum absolute atomic E-state index is 0.128. The summed E-state index contributed by atoms with van der Waals surface area (Å²) in [6.45, 7) is 10.9. The maximum atomic E-state index is 12.8. The fourth-order valence-electron chi connectivity index (χ4n) is 2.17. The molecule has 1 aliphatic rings. The number of sulfonamides is 1. The van der Waals surface area contributed by atoms with Crippen molar-refractivity contribution >= 4 is 16.1 Å². The Morgan fingerprint density at radius 2 is 1.87 bits per heavy atom. The van der Waals surface area contributed by atoms with Crippen molar-refractivity contribution < 1.29 is 17.9 Å². The maximum Gasteiger partial charge on any atom is 0.425 e. The zero-order chi connectivity index (χ0) is 17.4. The molecule has 1 atom stereocenters. The summed E-state index contributed by atoms with van der Waals surface area (Å²) in [4.78, 5) is 12.3. The molecule has 1 aromatic carbocycles. The zero-order valence-corrected chi connectivity index (χ0v) is 14.6. The van der Waals surface area contributed by atoms with Gasteiger partial charge in [0.05, 0.1) is 17.5 Å². The second-order valence-electron chi connectivity index (χ2n) is 6.46. The molecule has 126 valence electrons. The summed E-state index contributed by atoms with van der Waals surface area (Å²) < 4.78 is 31.9. The number of hydrogen-bond donors (Lipinski definition) is 0. The lowest BCUT2D eigenvalue weighted by atomic mass is 10.2. The Hall–Kier alpha value is -1.86.